The number of carbonyl (C=O) groups excluding carboxylic acids is 2. The zero-order valence-corrected chi connectivity index (χ0v) is 21.0. The van der Waals surface area contributed by atoms with Gasteiger partial charge in [-0.05, 0) is 82.3 Å². The van der Waals surface area contributed by atoms with Gasteiger partial charge in [-0.15, -0.1) is 0 Å². The Balaban J connectivity index is 1.40. The van der Waals surface area contributed by atoms with Crippen LogP contribution in [-0.4, -0.2) is 61.2 Å². The van der Waals surface area contributed by atoms with Gasteiger partial charge in [-0.25, -0.2) is 4.79 Å². The van der Waals surface area contributed by atoms with Gasteiger partial charge in [0.25, 0.3) is 0 Å². The highest BCUT2D eigenvalue weighted by Gasteiger charge is 2.74. The molecule has 0 amide bonds. The molecule has 6 rings (SSSR count). The molecular formula is C28H38O7. The quantitative estimate of drug-likeness (QED) is 0.330. The first-order chi connectivity index (χ1) is 16.2. The topological polar surface area (TPSA) is 124 Å². The van der Waals surface area contributed by atoms with Crippen LogP contribution in [0.2, 0.25) is 0 Å². The number of aliphatic hydroxyl groups excluding tert-OH is 1. The Kier molecular flexibility index (Phi) is 4.53. The third kappa shape index (κ3) is 2.47. The van der Waals surface area contributed by atoms with Crippen LogP contribution in [0, 0.1) is 39.9 Å². The Morgan fingerprint density at radius 2 is 1.57 bits per heavy atom. The molecule has 0 aromatic carbocycles. The first-order valence-corrected chi connectivity index (χ1v) is 13.1. The molecule has 12 atom stereocenters. The second-order valence-corrected chi connectivity index (χ2v) is 13.3. The Morgan fingerprint density at radius 1 is 0.914 bits per heavy atom. The van der Waals surface area contributed by atoms with Gasteiger partial charge in [0.15, 0.2) is 11.4 Å². The Hall–Kier alpha value is -1.54. The molecule has 35 heavy (non-hydrogen) atoms. The molecule has 192 valence electrons. The van der Waals surface area contributed by atoms with E-state index in [0.717, 1.165) is 6.42 Å². The van der Waals surface area contributed by atoms with E-state index >= 15 is 0 Å². The van der Waals surface area contributed by atoms with Crippen LogP contribution < -0.4 is 0 Å². The van der Waals surface area contributed by atoms with Gasteiger partial charge in [0.05, 0.1) is 11.0 Å². The van der Waals surface area contributed by atoms with Crippen molar-refractivity contribution in [2.24, 2.45) is 39.9 Å². The normalized spacial score (nSPS) is 60.7. The van der Waals surface area contributed by atoms with Gasteiger partial charge in [-0.2, -0.15) is 0 Å². The third-order valence-electron chi connectivity index (χ3n) is 12.3. The third-order valence-corrected chi connectivity index (χ3v) is 12.3. The Bertz CT molecular complexity index is 1060. The number of carbonyl (C=O) groups is 2. The molecule has 7 heteroatoms. The molecule has 0 spiro atoms. The number of rotatable bonds is 1. The summed E-state index contributed by atoms with van der Waals surface area (Å²) in [5.41, 5.74) is -6.61. The van der Waals surface area contributed by atoms with E-state index in [0.29, 0.717) is 32.1 Å². The molecule has 0 radical (unpaired) electrons. The summed E-state index contributed by atoms with van der Waals surface area (Å²) in [5.74, 6) is -1.35. The lowest BCUT2D eigenvalue weighted by Crippen LogP contribution is -2.66. The van der Waals surface area contributed by atoms with Crippen molar-refractivity contribution in [1.82, 2.24) is 0 Å². The fourth-order valence-electron chi connectivity index (χ4n) is 9.80. The second kappa shape index (κ2) is 6.66. The number of ketones is 1. The summed E-state index contributed by atoms with van der Waals surface area (Å²) in [6, 6.07) is 0. The number of hydrogen-bond acceptors (Lipinski definition) is 7. The average molecular weight is 487 g/mol. The maximum absolute atomic E-state index is 13.3. The first-order valence-electron chi connectivity index (χ1n) is 13.1. The van der Waals surface area contributed by atoms with Crippen molar-refractivity contribution in [3.8, 4) is 0 Å². The standard InChI is InChI=1S/C28H38O7/c1-23-9-6-18-16(5-10-27(33)11-8-19(29)21(30)25(18,27)3)17(23)7-12-28(23,34)20-13-15-14-24(20,2)26(4,32)22(31)35-15/h5,8,10-11,15-20,29,32-34H,6-7,9,12-14H2,1-4H3/t15-,16-,17-,18-,19+,20+,23-,24-,25-,26-,27+,28+/m0/s1. The summed E-state index contributed by atoms with van der Waals surface area (Å²) >= 11 is 0. The van der Waals surface area contributed by atoms with Crippen LogP contribution in [0.15, 0.2) is 24.3 Å². The number of fused-ring (bicyclic) bond motifs is 7. The van der Waals surface area contributed by atoms with Crippen molar-refractivity contribution < 1.29 is 34.8 Å². The molecular weight excluding hydrogens is 448 g/mol. The minimum absolute atomic E-state index is 0.0253. The van der Waals surface area contributed by atoms with Gasteiger partial charge in [0, 0.05) is 16.7 Å². The van der Waals surface area contributed by atoms with Crippen molar-refractivity contribution in [3.63, 3.8) is 0 Å². The zero-order chi connectivity index (χ0) is 25.4. The molecule has 2 bridgehead atoms. The summed E-state index contributed by atoms with van der Waals surface area (Å²) in [5, 5.41) is 45.6. The van der Waals surface area contributed by atoms with Crippen LogP contribution in [0.1, 0.15) is 66.2 Å². The summed E-state index contributed by atoms with van der Waals surface area (Å²) in [7, 11) is 0. The molecule has 7 nitrogen and oxygen atoms in total. The molecule has 0 unspecified atom stereocenters. The van der Waals surface area contributed by atoms with Crippen LogP contribution in [0.3, 0.4) is 0 Å². The lowest BCUT2D eigenvalue weighted by atomic mass is 9.44. The van der Waals surface area contributed by atoms with E-state index in [2.05, 4.69) is 6.92 Å². The fraction of sp³-hybridized carbons (Fsp3) is 0.786. The predicted octanol–water partition coefficient (Wildman–Crippen LogP) is 2.06. The molecule has 6 aliphatic rings. The van der Waals surface area contributed by atoms with Gasteiger partial charge in [0.2, 0.25) is 0 Å². The van der Waals surface area contributed by atoms with Crippen molar-refractivity contribution in [1.29, 1.82) is 0 Å². The maximum atomic E-state index is 13.3. The smallest absolute Gasteiger partial charge is 0.338 e. The monoisotopic (exact) mass is 486 g/mol. The van der Waals surface area contributed by atoms with Gasteiger partial charge in [-0.3, -0.25) is 4.79 Å². The summed E-state index contributed by atoms with van der Waals surface area (Å²) in [6.07, 6.45) is 8.86. The number of hydrogen-bond donors (Lipinski definition) is 4. The van der Waals surface area contributed by atoms with Crippen molar-refractivity contribution in [2.75, 3.05) is 0 Å². The SMILES string of the molecule is C[C@]1(O)C(=O)O[C@H]2C[C@@H]([C@]3(O)CC[C@H]4[C@@H]5C=C[C@@]6(O)C=C[C@@H](O)C(=O)[C@]6(C)[C@H]5CC[C@@]43C)[C@]1(C)C2. The Labute approximate surface area is 206 Å². The van der Waals surface area contributed by atoms with Crippen LogP contribution in [-0.2, 0) is 14.3 Å². The molecule has 4 fully saturated rings. The van der Waals surface area contributed by atoms with E-state index in [9.17, 15) is 30.0 Å². The number of Topliss-reactive ketones (excluding diaryl/α,β-unsaturated/α-hetero) is 1. The first kappa shape index (κ1) is 23.8. The van der Waals surface area contributed by atoms with E-state index in [4.69, 9.17) is 4.74 Å². The number of esters is 1. The molecule has 5 aliphatic carbocycles. The molecule has 1 aliphatic heterocycles. The van der Waals surface area contributed by atoms with E-state index < -0.39 is 45.1 Å². The minimum Gasteiger partial charge on any atom is -0.460 e. The number of ether oxygens (including phenoxy) is 1. The van der Waals surface area contributed by atoms with Crippen molar-refractivity contribution in [3.05, 3.63) is 24.3 Å². The summed E-state index contributed by atoms with van der Waals surface area (Å²) in [6.45, 7) is 7.37. The van der Waals surface area contributed by atoms with Gasteiger partial charge in [0.1, 0.15) is 17.8 Å². The molecule has 0 aromatic heterocycles. The van der Waals surface area contributed by atoms with Crippen LogP contribution in [0.5, 0.6) is 0 Å². The van der Waals surface area contributed by atoms with E-state index in [1.54, 1.807) is 19.1 Å². The molecule has 0 aromatic rings. The number of aliphatic hydroxyl groups is 4. The second-order valence-electron chi connectivity index (χ2n) is 13.3. The minimum atomic E-state index is -1.67. The lowest BCUT2D eigenvalue weighted by Gasteiger charge is -2.61. The average Bonchev–Trinajstić information content (AvgIpc) is 3.26. The predicted molar refractivity (Wildman–Crippen MR) is 126 cm³/mol. The highest BCUT2D eigenvalue weighted by Crippen LogP contribution is 2.71. The van der Waals surface area contributed by atoms with Gasteiger partial charge >= 0.3 is 5.97 Å². The lowest BCUT2D eigenvalue weighted by molar-refractivity contribution is -0.216. The summed E-state index contributed by atoms with van der Waals surface area (Å²) < 4.78 is 5.55. The van der Waals surface area contributed by atoms with Gasteiger partial charge < -0.3 is 25.2 Å². The van der Waals surface area contributed by atoms with E-state index in [1.165, 1.54) is 13.0 Å². The highest BCUT2D eigenvalue weighted by molar-refractivity contribution is 5.94. The van der Waals surface area contributed by atoms with Crippen LogP contribution in [0.25, 0.3) is 0 Å². The molecule has 1 heterocycles. The van der Waals surface area contributed by atoms with Crippen LogP contribution >= 0.6 is 0 Å². The Morgan fingerprint density at radius 3 is 2.29 bits per heavy atom. The molecule has 4 N–H and O–H groups in total. The highest BCUT2D eigenvalue weighted by atomic mass is 16.6. The van der Waals surface area contributed by atoms with Crippen molar-refractivity contribution >= 4 is 11.8 Å². The largest absolute Gasteiger partial charge is 0.460 e. The zero-order valence-electron chi connectivity index (χ0n) is 21.0. The van der Waals surface area contributed by atoms with E-state index in [-0.39, 0.29) is 35.6 Å². The number of allylic oxidation sites excluding steroid dienone is 1. The van der Waals surface area contributed by atoms with Gasteiger partial charge in [-0.1, -0.05) is 26.0 Å². The maximum Gasteiger partial charge on any atom is 0.338 e. The molecule has 1 saturated heterocycles. The van der Waals surface area contributed by atoms with E-state index in [1.807, 2.05) is 13.0 Å². The summed E-state index contributed by atoms with van der Waals surface area (Å²) in [4.78, 5) is 25.9. The molecule has 3 saturated carbocycles. The van der Waals surface area contributed by atoms with Crippen LogP contribution in [0.4, 0.5) is 0 Å². The fourth-order valence-corrected chi connectivity index (χ4v) is 9.80. The van der Waals surface area contributed by atoms with Crippen molar-refractivity contribution in [2.45, 2.75) is 95.2 Å².